The van der Waals surface area contributed by atoms with E-state index in [1.807, 2.05) is 6.07 Å². The molecule has 0 aromatic heterocycles. The van der Waals surface area contributed by atoms with E-state index in [4.69, 9.17) is 14.2 Å². The quantitative estimate of drug-likeness (QED) is 0.798. The third kappa shape index (κ3) is 3.00. The van der Waals surface area contributed by atoms with Crippen molar-refractivity contribution in [2.45, 2.75) is 82.7 Å². The lowest BCUT2D eigenvalue weighted by molar-refractivity contribution is -0.213. The van der Waals surface area contributed by atoms with Crippen molar-refractivity contribution in [3.63, 3.8) is 0 Å². The van der Waals surface area contributed by atoms with E-state index in [-0.39, 0.29) is 17.8 Å². The summed E-state index contributed by atoms with van der Waals surface area (Å²) in [6.45, 7) is 3.29. The summed E-state index contributed by atoms with van der Waals surface area (Å²) in [7, 11) is 1.69. The fourth-order valence-electron chi connectivity index (χ4n) is 6.87. The molecule has 28 heavy (non-hydrogen) atoms. The highest BCUT2D eigenvalue weighted by Crippen LogP contribution is 2.63. The molecule has 1 aliphatic heterocycles. The monoisotopic (exact) mass is 386 g/mol. The molecule has 4 heteroatoms. The molecule has 4 nitrogen and oxygen atoms in total. The molecule has 4 aliphatic rings. The second kappa shape index (κ2) is 7.30. The molecule has 3 aliphatic carbocycles. The van der Waals surface area contributed by atoms with E-state index >= 15 is 0 Å². The van der Waals surface area contributed by atoms with Crippen LogP contribution in [0.2, 0.25) is 0 Å². The average Bonchev–Trinajstić information content (AvgIpc) is 3.05. The molecular weight excluding hydrogens is 352 g/mol. The van der Waals surface area contributed by atoms with Gasteiger partial charge in [-0.25, -0.2) is 0 Å². The maximum atomic E-state index is 10.9. The molecule has 1 aromatic carbocycles. The van der Waals surface area contributed by atoms with Crippen molar-refractivity contribution in [2.24, 2.45) is 17.3 Å². The zero-order chi connectivity index (χ0) is 19.3. The van der Waals surface area contributed by atoms with Gasteiger partial charge in [0.15, 0.2) is 6.29 Å². The van der Waals surface area contributed by atoms with E-state index in [9.17, 15) is 5.11 Å². The third-order valence-corrected chi connectivity index (χ3v) is 8.35. The summed E-state index contributed by atoms with van der Waals surface area (Å²) < 4.78 is 17.8. The minimum atomic E-state index is -0.379. The lowest BCUT2D eigenvalue weighted by Crippen LogP contribution is -2.46. The van der Waals surface area contributed by atoms with Gasteiger partial charge in [-0.05, 0) is 97.8 Å². The Hall–Kier alpha value is -1.10. The van der Waals surface area contributed by atoms with Gasteiger partial charge in [0.1, 0.15) is 5.75 Å². The van der Waals surface area contributed by atoms with Gasteiger partial charge in [-0.1, -0.05) is 13.0 Å². The Labute approximate surface area is 168 Å². The molecule has 0 amide bonds. The van der Waals surface area contributed by atoms with Gasteiger partial charge in [-0.2, -0.15) is 0 Å². The van der Waals surface area contributed by atoms with Gasteiger partial charge < -0.3 is 19.3 Å². The number of ether oxygens (including phenoxy) is 3. The van der Waals surface area contributed by atoms with Crippen molar-refractivity contribution in [1.82, 2.24) is 0 Å². The molecule has 0 radical (unpaired) electrons. The largest absolute Gasteiger partial charge is 0.497 e. The van der Waals surface area contributed by atoms with E-state index in [2.05, 4.69) is 19.1 Å². The van der Waals surface area contributed by atoms with Crippen molar-refractivity contribution in [1.29, 1.82) is 0 Å². The van der Waals surface area contributed by atoms with Gasteiger partial charge in [0.2, 0.25) is 0 Å². The Kier molecular flexibility index (Phi) is 4.93. The Morgan fingerprint density at radius 2 is 2.00 bits per heavy atom. The smallest absolute Gasteiger partial charge is 0.157 e. The molecule has 154 valence electrons. The molecule has 0 unspecified atom stereocenters. The van der Waals surface area contributed by atoms with Crippen LogP contribution in [0.1, 0.15) is 81.4 Å². The minimum absolute atomic E-state index is 0.00261. The van der Waals surface area contributed by atoms with Gasteiger partial charge in [0, 0.05) is 6.61 Å². The minimum Gasteiger partial charge on any atom is -0.497 e. The molecule has 1 saturated heterocycles. The summed E-state index contributed by atoms with van der Waals surface area (Å²) in [5.74, 6) is 2.59. The fraction of sp³-hybridized carbons (Fsp3) is 0.750. The number of benzene rings is 1. The van der Waals surface area contributed by atoms with Gasteiger partial charge in [0.25, 0.3) is 0 Å². The lowest BCUT2D eigenvalue weighted by Gasteiger charge is -2.51. The maximum Gasteiger partial charge on any atom is 0.157 e. The SMILES string of the molecule is COc1ccc2c(c1)[C@H](O)C[C@@H]1[C@@H]2CC[C@]2(C)[C@@H](O[C@H]3CCCCO3)CC[C@@H]12. The van der Waals surface area contributed by atoms with E-state index in [1.54, 1.807) is 7.11 Å². The van der Waals surface area contributed by atoms with Crippen LogP contribution in [0.3, 0.4) is 0 Å². The summed E-state index contributed by atoms with van der Waals surface area (Å²) in [6, 6.07) is 6.31. The van der Waals surface area contributed by atoms with E-state index in [1.165, 1.54) is 31.2 Å². The first-order valence-corrected chi connectivity index (χ1v) is 11.2. The molecule has 1 heterocycles. The topological polar surface area (TPSA) is 47.9 Å². The van der Waals surface area contributed by atoms with Crippen molar-refractivity contribution >= 4 is 0 Å². The molecule has 0 spiro atoms. The first kappa shape index (κ1) is 18.9. The molecule has 7 atom stereocenters. The fourth-order valence-corrected chi connectivity index (χ4v) is 6.87. The number of fused-ring (bicyclic) bond motifs is 5. The van der Waals surface area contributed by atoms with Crippen LogP contribution in [-0.2, 0) is 9.47 Å². The molecule has 5 rings (SSSR count). The van der Waals surface area contributed by atoms with Gasteiger partial charge in [-0.15, -0.1) is 0 Å². The number of aliphatic hydroxyl groups is 1. The Morgan fingerprint density at radius 1 is 1.11 bits per heavy atom. The van der Waals surface area contributed by atoms with Crippen LogP contribution in [0.4, 0.5) is 0 Å². The van der Waals surface area contributed by atoms with E-state index < -0.39 is 0 Å². The summed E-state index contributed by atoms with van der Waals surface area (Å²) in [4.78, 5) is 0. The second-order valence-corrected chi connectivity index (χ2v) is 9.67. The maximum absolute atomic E-state index is 10.9. The summed E-state index contributed by atoms with van der Waals surface area (Å²) >= 11 is 0. The second-order valence-electron chi connectivity index (χ2n) is 9.67. The Balaban J connectivity index is 1.38. The average molecular weight is 387 g/mol. The molecule has 0 bridgehead atoms. The van der Waals surface area contributed by atoms with E-state index in [0.29, 0.717) is 23.9 Å². The van der Waals surface area contributed by atoms with Crippen LogP contribution < -0.4 is 4.74 Å². The van der Waals surface area contributed by atoms with Crippen LogP contribution in [0.25, 0.3) is 0 Å². The van der Waals surface area contributed by atoms with Crippen molar-refractivity contribution in [3.05, 3.63) is 29.3 Å². The standard InChI is InChI=1S/C24H34O4/c1-24-11-10-17-16-7-6-15(26-2)13-19(16)21(25)14-18(17)20(24)8-9-22(24)28-23-5-3-4-12-27-23/h6-7,13,17-18,20-23,25H,3-5,8-12,14H2,1-2H3/t17-,18-,20+,21-,22+,23+,24+/m1/s1. The first-order chi connectivity index (χ1) is 13.6. The van der Waals surface area contributed by atoms with Crippen LogP contribution in [0.15, 0.2) is 18.2 Å². The number of hydrogen-bond donors (Lipinski definition) is 1. The molecule has 3 fully saturated rings. The third-order valence-electron chi connectivity index (χ3n) is 8.35. The summed E-state index contributed by atoms with van der Waals surface area (Å²) in [5.41, 5.74) is 2.66. The van der Waals surface area contributed by atoms with Gasteiger partial charge in [0.05, 0.1) is 19.3 Å². The number of methoxy groups -OCH3 is 1. The highest BCUT2D eigenvalue weighted by Gasteiger charge is 2.56. The van der Waals surface area contributed by atoms with Crippen LogP contribution in [-0.4, -0.2) is 31.2 Å². The van der Waals surface area contributed by atoms with E-state index in [0.717, 1.165) is 43.6 Å². The predicted molar refractivity (Wildman–Crippen MR) is 107 cm³/mol. The highest BCUT2D eigenvalue weighted by molar-refractivity contribution is 5.42. The number of hydrogen-bond acceptors (Lipinski definition) is 4. The number of aliphatic hydroxyl groups excluding tert-OH is 1. The van der Waals surface area contributed by atoms with Crippen molar-refractivity contribution < 1.29 is 19.3 Å². The summed E-state index contributed by atoms with van der Waals surface area (Å²) in [6.07, 6.45) is 8.96. The zero-order valence-corrected chi connectivity index (χ0v) is 17.2. The normalized spacial score (nSPS) is 42.4. The molecule has 2 saturated carbocycles. The van der Waals surface area contributed by atoms with Crippen molar-refractivity contribution in [3.8, 4) is 5.75 Å². The van der Waals surface area contributed by atoms with Crippen LogP contribution in [0, 0.1) is 17.3 Å². The molecule has 1 N–H and O–H groups in total. The summed E-state index contributed by atoms with van der Waals surface area (Å²) in [5, 5.41) is 10.9. The molecule has 1 aromatic rings. The number of rotatable bonds is 3. The lowest BCUT2D eigenvalue weighted by atomic mass is 9.55. The predicted octanol–water partition coefficient (Wildman–Crippen LogP) is 4.95. The van der Waals surface area contributed by atoms with Gasteiger partial charge in [-0.3, -0.25) is 0 Å². The first-order valence-electron chi connectivity index (χ1n) is 11.2. The Morgan fingerprint density at radius 3 is 2.79 bits per heavy atom. The highest BCUT2D eigenvalue weighted by atomic mass is 16.7. The molecular formula is C24H34O4. The van der Waals surface area contributed by atoms with Gasteiger partial charge >= 0.3 is 0 Å². The van der Waals surface area contributed by atoms with Crippen LogP contribution >= 0.6 is 0 Å². The Bertz CT molecular complexity index is 713. The zero-order valence-electron chi connectivity index (χ0n) is 17.2. The van der Waals surface area contributed by atoms with Crippen molar-refractivity contribution in [2.75, 3.05) is 13.7 Å². The van der Waals surface area contributed by atoms with Crippen LogP contribution in [0.5, 0.6) is 5.75 Å².